The molecule has 1 aromatic carbocycles. The molecule has 0 fully saturated rings. The van der Waals surface area contributed by atoms with E-state index in [0.29, 0.717) is 0 Å². The van der Waals surface area contributed by atoms with Crippen molar-refractivity contribution in [3.8, 4) is 0 Å². The zero-order chi connectivity index (χ0) is 11.0. The van der Waals surface area contributed by atoms with Crippen LogP contribution >= 0.6 is 0 Å². The number of nitrogens with zero attached hydrogens (tertiary/aromatic N) is 2. The SMILES string of the molecule is CNC(C)c1nc2cccc(C)c2n1C. The lowest BCUT2D eigenvalue weighted by Crippen LogP contribution is -2.16. The summed E-state index contributed by atoms with van der Waals surface area (Å²) in [6, 6.07) is 6.52. The smallest absolute Gasteiger partial charge is 0.126 e. The summed E-state index contributed by atoms with van der Waals surface area (Å²) in [6.45, 7) is 4.24. The van der Waals surface area contributed by atoms with Crippen LogP contribution < -0.4 is 5.32 Å². The Labute approximate surface area is 90.1 Å². The van der Waals surface area contributed by atoms with Crippen LogP contribution in [0.15, 0.2) is 18.2 Å². The van der Waals surface area contributed by atoms with Crippen molar-refractivity contribution >= 4 is 11.0 Å². The van der Waals surface area contributed by atoms with Crippen LogP contribution in [0, 0.1) is 6.92 Å². The number of rotatable bonds is 2. The van der Waals surface area contributed by atoms with Gasteiger partial charge in [0.25, 0.3) is 0 Å². The van der Waals surface area contributed by atoms with Gasteiger partial charge in [0.2, 0.25) is 0 Å². The van der Waals surface area contributed by atoms with Gasteiger partial charge in [0.1, 0.15) is 5.82 Å². The van der Waals surface area contributed by atoms with E-state index < -0.39 is 0 Å². The van der Waals surface area contributed by atoms with Gasteiger partial charge < -0.3 is 9.88 Å². The van der Waals surface area contributed by atoms with Crippen molar-refractivity contribution in [2.45, 2.75) is 19.9 Å². The Kier molecular flexibility index (Phi) is 2.49. The summed E-state index contributed by atoms with van der Waals surface area (Å²) in [6.07, 6.45) is 0. The molecule has 0 radical (unpaired) electrons. The predicted octanol–water partition coefficient (Wildman–Crippen LogP) is 2.16. The molecule has 0 saturated heterocycles. The van der Waals surface area contributed by atoms with Crippen LogP contribution in [0.5, 0.6) is 0 Å². The fourth-order valence-electron chi connectivity index (χ4n) is 2.00. The van der Waals surface area contributed by atoms with Gasteiger partial charge in [0.15, 0.2) is 0 Å². The Hall–Kier alpha value is -1.35. The highest BCUT2D eigenvalue weighted by Gasteiger charge is 2.13. The molecule has 0 spiro atoms. The van der Waals surface area contributed by atoms with Gasteiger partial charge in [-0.1, -0.05) is 12.1 Å². The Morgan fingerprint density at radius 3 is 2.73 bits per heavy atom. The number of fused-ring (bicyclic) bond motifs is 1. The third-order valence-electron chi connectivity index (χ3n) is 2.95. The first-order chi connectivity index (χ1) is 7.15. The molecule has 3 nitrogen and oxygen atoms in total. The summed E-state index contributed by atoms with van der Waals surface area (Å²) >= 11 is 0. The van der Waals surface area contributed by atoms with E-state index >= 15 is 0 Å². The quantitative estimate of drug-likeness (QED) is 0.810. The van der Waals surface area contributed by atoms with Gasteiger partial charge in [-0.15, -0.1) is 0 Å². The molecule has 2 aromatic rings. The van der Waals surface area contributed by atoms with E-state index in [9.17, 15) is 0 Å². The number of benzene rings is 1. The summed E-state index contributed by atoms with van der Waals surface area (Å²) in [5.41, 5.74) is 3.58. The maximum absolute atomic E-state index is 4.64. The maximum Gasteiger partial charge on any atom is 0.126 e. The Morgan fingerprint density at radius 2 is 2.13 bits per heavy atom. The third kappa shape index (κ3) is 1.53. The Morgan fingerprint density at radius 1 is 1.40 bits per heavy atom. The summed E-state index contributed by atoms with van der Waals surface area (Å²) in [5.74, 6) is 1.09. The summed E-state index contributed by atoms with van der Waals surface area (Å²) in [7, 11) is 4.03. The van der Waals surface area contributed by atoms with E-state index in [-0.39, 0.29) is 6.04 Å². The van der Waals surface area contributed by atoms with E-state index in [1.165, 1.54) is 11.1 Å². The summed E-state index contributed by atoms with van der Waals surface area (Å²) in [4.78, 5) is 4.64. The van der Waals surface area contributed by atoms with Crippen molar-refractivity contribution in [1.29, 1.82) is 0 Å². The maximum atomic E-state index is 4.64. The molecule has 15 heavy (non-hydrogen) atoms. The second-order valence-corrected chi connectivity index (χ2v) is 3.98. The Balaban J connectivity index is 2.70. The van der Waals surface area contributed by atoms with Gasteiger partial charge in [0, 0.05) is 7.05 Å². The lowest BCUT2D eigenvalue weighted by atomic mass is 10.2. The minimum absolute atomic E-state index is 0.279. The van der Waals surface area contributed by atoms with Gasteiger partial charge in [0.05, 0.1) is 17.1 Å². The average molecular weight is 203 g/mol. The van der Waals surface area contributed by atoms with Crippen molar-refractivity contribution in [3.63, 3.8) is 0 Å². The molecule has 1 unspecified atom stereocenters. The fourth-order valence-corrected chi connectivity index (χ4v) is 2.00. The van der Waals surface area contributed by atoms with E-state index in [1.807, 2.05) is 7.05 Å². The van der Waals surface area contributed by atoms with Gasteiger partial charge in [-0.05, 0) is 32.5 Å². The van der Waals surface area contributed by atoms with Crippen LogP contribution in [-0.4, -0.2) is 16.6 Å². The van der Waals surface area contributed by atoms with Crippen molar-refractivity contribution in [1.82, 2.24) is 14.9 Å². The molecular formula is C12H17N3. The molecule has 0 amide bonds. The lowest BCUT2D eigenvalue weighted by Gasteiger charge is -2.10. The topological polar surface area (TPSA) is 29.9 Å². The van der Waals surface area contributed by atoms with Crippen molar-refractivity contribution < 1.29 is 0 Å². The third-order valence-corrected chi connectivity index (χ3v) is 2.95. The number of imidazole rings is 1. The normalized spacial score (nSPS) is 13.3. The van der Waals surface area contributed by atoms with Crippen LogP contribution in [0.2, 0.25) is 0 Å². The molecule has 0 aliphatic carbocycles. The second kappa shape index (κ2) is 3.66. The number of nitrogens with one attached hydrogen (secondary N) is 1. The fraction of sp³-hybridized carbons (Fsp3) is 0.417. The first-order valence-corrected chi connectivity index (χ1v) is 5.24. The molecule has 0 bridgehead atoms. The molecule has 1 N–H and O–H groups in total. The number of aromatic nitrogens is 2. The van der Waals surface area contributed by atoms with E-state index in [4.69, 9.17) is 0 Å². The van der Waals surface area contributed by atoms with Crippen molar-refractivity contribution in [2.75, 3.05) is 7.05 Å². The first-order valence-electron chi connectivity index (χ1n) is 5.24. The molecule has 0 saturated carbocycles. The highest BCUT2D eigenvalue weighted by atomic mass is 15.1. The number of hydrogen-bond donors (Lipinski definition) is 1. The minimum Gasteiger partial charge on any atom is -0.330 e. The van der Waals surface area contributed by atoms with Crippen LogP contribution in [0.4, 0.5) is 0 Å². The molecular weight excluding hydrogens is 186 g/mol. The number of hydrogen-bond acceptors (Lipinski definition) is 2. The standard InChI is InChI=1S/C12H17N3/c1-8-6-5-7-10-11(8)15(4)12(14-10)9(2)13-3/h5-7,9,13H,1-4H3. The summed E-state index contributed by atoms with van der Waals surface area (Å²) in [5, 5.41) is 3.22. The van der Waals surface area contributed by atoms with Crippen LogP contribution in [0.3, 0.4) is 0 Å². The molecule has 3 heteroatoms. The predicted molar refractivity (Wildman–Crippen MR) is 62.9 cm³/mol. The monoisotopic (exact) mass is 203 g/mol. The molecule has 1 heterocycles. The molecule has 1 atom stereocenters. The zero-order valence-corrected chi connectivity index (χ0v) is 9.70. The van der Waals surface area contributed by atoms with E-state index in [2.05, 4.69) is 54.0 Å². The molecule has 1 aromatic heterocycles. The largest absolute Gasteiger partial charge is 0.330 e. The van der Waals surface area contributed by atoms with Crippen LogP contribution in [0.1, 0.15) is 24.4 Å². The average Bonchev–Trinajstić information content (AvgIpc) is 2.56. The van der Waals surface area contributed by atoms with Crippen molar-refractivity contribution in [2.24, 2.45) is 7.05 Å². The second-order valence-electron chi connectivity index (χ2n) is 3.98. The Bertz CT molecular complexity index is 485. The van der Waals surface area contributed by atoms with E-state index in [0.717, 1.165) is 11.3 Å². The number of para-hydroxylation sites is 1. The molecule has 0 aliphatic rings. The molecule has 0 aliphatic heterocycles. The van der Waals surface area contributed by atoms with Crippen molar-refractivity contribution in [3.05, 3.63) is 29.6 Å². The molecule has 2 rings (SSSR count). The van der Waals surface area contributed by atoms with Gasteiger partial charge in [-0.25, -0.2) is 4.98 Å². The van der Waals surface area contributed by atoms with Crippen LogP contribution in [-0.2, 0) is 7.05 Å². The van der Waals surface area contributed by atoms with Gasteiger partial charge in [-0.2, -0.15) is 0 Å². The lowest BCUT2D eigenvalue weighted by molar-refractivity contribution is 0.590. The molecule has 80 valence electrons. The highest BCUT2D eigenvalue weighted by Crippen LogP contribution is 2.21. The number of aryl methyl sites for hydroxylation is 2. The minimum atomic E-state index is 0.279. The van der Waals surface area contributed by atoms with Gasteiger partial charge in [-0.3, -0.25) is 0 Å². The van der Waals surface area contributed by atoms with E-state index in [1.54, 1.807) is 0 Å². The summed E-state index contributed by atoms with van der Waals surface area (Å²) < 4.78 is 2.17. The van der Waals surface area contributed by atoms with Crippen LogP contribution in [0.25, 0.3) is 11.0 Å². The first kappa shape index (κ1) is 10.2. The highest BCUT2D eigenvalue weighted by molar-refractivity contribution is 5.79. The zero-order valence-electron chi connectivity index (χ0n) is 9.70. The van der Waals surface area contributed by atoms with Gasteiger partial charge >= 0.3 is 0 Å².